The number of rotatable bonds is 5. The molecule has 3 nitrogen and oxygen atoms in total. The van der Waals surface area contributed by atoms with E-state index in [1.54, 1.807) is 24.3 Å². The van der Waals surface area contributed by atoms with Crippen molar-refractivity contribution in [1.82, 2.24) is 5.32 Å². The summed E-state index contributed by atoms with van der Waals surface area (Å²) in [5.74, 6) is -0.118. The molecule has 0 amide bonds. The Labute approximate surface area is 140 Å². The van der Waals surface area contributed by atoms with Gasteiger partial charge in [0.2, 0.25) is 5.78 Å². The Morgan fingerprint density at radius 3 is 2.68 bits per heavy atom. The molecule has 0 saturated heterocycles. The van der Waals surface area contributed by atoms with Crippen LogP contribution >= 0.6 is 23.8 Å². The number of ketones is 1. The Morgan fingerprint density at radius 2 is 2.05 bits per heavy atom. The highest BCUT2D eigenvalue weighted by Crippen LogP contribution is 2.20. The molecule has 1 N–H and O–H groups in total. The van der Waals surface area contributed by atoms with E-state index < -0.39 is 6.04 Å². The molecule has 114 valence electrons. The lowest BCUT2D eigenvalue weighted by molar-refractivity contribution is -0.692. The normalized spacial score (nSPS) is 11.8. The van der Waals surface area contributed by atoms with Crippen LogP contribution in [-0.2, 0) is 0 Å². The summed E-state index contributed by atoms with van der Waals surface area (Å²) >= 11 is 11.6. The maximum atomic E-state index is 13.0. The number of likely N-dealkylation sites (N-methyl/N-ethyl adjacent to an activating group) is 1. The van der Waals surface area contributed by atoms with E-state index in [2.05, 4.69) is 5.32 Å². The van der Waals surface area contributed by atoms with Crippen molar-refractivity contribution in [3.63, 3.8) is 0 Å². The number of pyridine rings is 1. The van der Waals surface area contributed by atoms with Crippen molar-refractivity contribution in [2.45, 2.75) is 19.9 Å². The summed E-state index contributed by atoms with van der Waals surface area (Å²) in [4.78, 5) is 13.4. The third kappa shape index (κ3) is 3.70. The Morgan fingerprint density at radius 1 is 1.32 bits per heavy atom. The van der Waals surface area contributed by atoms with E-state index in [9.17, 15) is 4.79 Å². The third-order valence-corrected chi connectivity index (χ3v) is 3.95. The van der Waals surface area contributed by atoms with Crippen LogP contribution in [0, 0.1) is 6.92 Å². The van der Waals surface area contributed by atoms with Gasteiger partial charge in [-0.25, -0.2) is 0 Å². The van der Waals surface area contributed by atoms with Crippen LogP contribution in [0.25, 0.3) is 0 Å². The third-order valence-electron chi connectivity index (χ3n) is 3.26. The fourth-order valence-electron chi connectivity index (χ4n) is 2.25. The maximum absolute atomic E-state index is 13.0. The second-order valence-electron chi connectivity index (χ2n) is 4.97. The van der Waals surface area contributed by atoms with Crippen LogP contribution in [0.1, 0.15) is 28.9 Å². The number of benzene rings is 1. The summed E-state index contributed by atoms with van der Waals surface area (Å²) < 4.78 is 1.83. The molecule has 1 atom stereocenters. The monoisotopic (exact) mass is 333 g/mol. The van der Waals surface area contributed by atoms with Crippen molar-refractivity contribution in [3.8, 4) is 0 Å². The quantitative estimate of drug-likeness (QED) is 0.518. The predicted molar refractivity (Wildman–Crippen MR) is 92.5 cm³/mol. The number of hydrogen-bond acceptors (Lipinski definition) is 2. The van der Waals surface area contributed by atoms with E-state index in [-0.39, 0.29) is 5.78 Å². The topological polar surface area (TPSA) is 33.0 Å². The van der Waals surface area contributed by atoms with E-state index in [1.807, 2.05) is 42.9 Å². The molecule has 0 aliphatic heterocycles. The van der Waals surface area contributed by atoms with Gasteiger partial charge in [0.25, 0.3) is 6.04 Å². The van der Waals surface area contributed by atoms with Gasteiger partial charge in [-0.15, -0.1) is 0 Å². The first-order chi connectivity index (χ1) is 10.5. The molecule has 0 aliphatic rings. The molecule has 1 unspecified atom stereocenters. The average Bonchev–Trinajstić information content (AvgIpc) is 2.48. The largest absolute Gasteiger partial charge is 0.374 e. The molecule has 0 fully saturated rings. The number of nitrogens with zero attached hydrogens (tertiary/aromatic N) is 1. The first-order valence-electron chi connectivity index (χ1n) is 7.08. The molecule has 0 bridgehead atoms. The fraction of sp³-hybridized carbons (Fsp3) is 0.235. The summed E-state index contributed by atoms with van der Waals surface area (Å²) in [6.07, 6.45) is 3.75. The minimum Gasteiger partial charge on any atom is -0.374 e. The Bertz CT molecular complexity index is 703. The predicted octanol–water partition coefficient (Wildman–Crippen LogP) is 3.30. The first kappa shape index (κ1) is 16.6. The van der Waals surface area contributed by atoms with Crippen LogP contribution in [-0.4, -0.2) is 17.3 Å². The smallest absolute Gasteiger partial charge is 0.270 e. The second-order valence-corrected chi connectivity index (χ2v) is 5.82. The highest BCUT2D eigenvalue weighted by molar-refractivity contribution is 7.80. The molecule has 1 aromatic carbocycles. The molecule has 5 heteroatoms. The Kier molecular flexibility index (Phi) is 5.63. The van der Waals surface area contributed by atoms with Crippen LogP contribution in [0.2, 0.25) is 5.02 Å². The molecule has 22 heavy (non-hydrogen) atoms. The van der Waals surface area contributed by atoms with Crippen LogP contribution in [0.4, 0.5) is 0 Å². The van der Waals surface area contributed by atoms with Crippen molar-refractivity contribution in [2.75, 3.05) is 6.54 Å². The summed E-state index contributed by atoms with van der Waals surface area (Å²) in [5.41, 5.74) is 1.53. The van der Waals surface area contributed by atoms with Gasteiger partial charge in [0.05, 0.1) is 5.02 Å². The zero-order chi connectivity index (χ0) is 16.1. The highest BCUT2D eigenvalue weighted by atomic mass is 35.5. The lowest BCUT2D eigenvalue weighted by atomic mass is 10.0. The standard InChI is InChI=1S/C17H17ClN2OS/c1-3-19-17(22)15(20-10-6-7-12(2)11-20)16(21)13-8-4-5-9-14(13)18/h4-11,15H,3H2,1-2H3/p+1. The number of hydrogen-bond donors (Lipinski definition) is 1. The van der Waals surface area contributed by atoms with Crippen LogP contribution in [0.3, 0.4) is 0 Å². The summed E-state index contributed by atoms with van der Waals surface area (Å²) in [6, 6.07) is 10.3. The molecule has 1 aromatic heterocycles. The number of halogens is 1. The molecule has 2 aromatic rings. The summed E-state index contributed by atoms with van der Waals surface area (Å²) in [6.45, 7) is 4.59. The number of aryl methyl sites for hydroxylation is 1. The minimum atomic E-state index is -0.602. The molecular weight excluding hydrogens is 316 g/mol. The molecule has 0 radical (unpaired) electrons. The Balaban J connectivity index is 2.47. The van der Waals surface area contributed by atoms with Crippen LogP contribution in [0.15, 0.2) is 48.8 Å². The molecule has 0 spiro atoms. The average molecular weight is 334 g/mol. The van der Waals surface area contributed by atoms with Gasteiger partial charge in [0.15, 0.2) is 17.4 Å². The molecular formula is C17H18ClN2OS+. The second kappa shape index (κ2) is 7.47. The van der Waals surface area contributed by atoms with Gasteiger partial charge >= 0.3 is 0 Å². The number of thiocarbonyl (C=S) groups is 1. The van der Waals surface area contributed by atoms with E-state index in [0.29, 0.717) is 22.1 Å². The zero-order valence-electron chi connectivity index (χ0n) is 12.5. The molecule has 1 heterocycles. The number of Topliss-reactive ketones (excluding diaryl/α,β-unsaturated/α-hetero) is 1. The van der Waals surface area contributed by atoms with Gasteiger partial charge < -0.3 is 5.32 Å². The van der Waals surface area contributed by atoms with Gasteiger partial charge in [-0.3, -0.25) is 4.79 Å². The summed E-state index contributed by atoms with van der Waals surface area (Å²) in [5, 5.41) is 3.52. The minimum absolute atomic E-state index is 0.118. The highest BCUT2D eigenvalue weighted by Gasteiger charge is 2.33. The van der Waals surface area contributed by atoms with Crippen molar-refractivity contribution in [2.24, 2.45) is 0 Å². The van der Waals surface area contributed by atoms with Gasteiger partial charge in [-0.1, -0.05) is 36.0 Å². The maximum Gasteiger partial charge on any atom is 0.270 e. The van der Waals surface area contributed by atoms with Crippen molar-refractivity contribution in [1.29, 1.82) is 0 Å². The first-order valence-corrected chi connectivity index (χ1v) is 7.87. The van der Waals surface area contributed by atoms with Crippen molar-refractivity contribution in [3.05, 3.63) is 64.9 Å². The number of aromatic nitrogens is 1. The number of carbonyl (C=O) groups is 1. The summed E-state index contributed by atoms with van der Waals surface area (Å²) in [7, 11) is 0. The van der Waals surface area contributed by atoms with Crippen LogP contribution < -0.4 is 9.88 Å². The van der Waals surface area contributed by atoms with Gasteiger partial charge in [0.1, 0.15) is 0 Å². The van der Waals surface area contributed by atoms with E-state index in [4.69, 9.17) is 23.8 Å². The molecule has 0 saturated carbocycles. The van der Waals surface area contributed by atoms with Gasteiger partial charge in [-0.2, -0.15) is 4.57 Å². The lowest BCUT2D eigenvalue weighted by Crippen LogP contribution is -2.51. The Hall–Kier alpha value is -1.78. The SMILES string of the molecule is CCNC(=S)C(C(=O)c1ccccc1Cl)[n+]1cccc(C)c1. The lowest BCUT2D eigenvalue weighted by Gasteiger charge is -2.14. The molecule has 0 aliphatic carbocycles. The van der Waals surface area contributed by atoms with E-state index >= 15 is 0 Å². The zero-order valence-corrected chi connectivity index (χ0v) is 14.1. The van der Waals surface area contributed by atoms with Crippen molar-refractivity contribution < 1.29 is 9.36 Å². The number of carbonyl (C=O) groups excluding carboxylic acids is 1. The van der Waals surface area contributed by atoms with Gasteiger partial charge in [-0.05, 0) is 32.0 Å². The van der Waals surface area contributed by atoms with E-state index in [1.165, 1.54) is 0 Å². The number of nitrogens with one attached hydrogen (secondary N) is 1. The fourth-order valence-corrected chi connectivity index (χ4v) is 2.85. The van der Waals surface area contributed by atoms with Gasteiger partial charge in [0, 0.05) is 23.7 Å². The molecule has 2 rings (SSSR count). The van der Waals surface area contributed by atoms with E-state index in [0.717, 1.165) is 5.56 Å². The van der Waals surface area contributed by atoms with Crippen LogP contribution in [0.5, 0.6) is 0 Å². The van der Waals surface area contributed by atoms with Crippen molar-refractivity contribution >= 4 is 34.6 Å².